The zero-order valence-corrected chi connectivity index (χ0v) is 12.6. The number of aromatic nitrogens is 1. The van der Waals surface area contributed by atoms with Gasteiger partial charge in [0.15, 0.2) is 0 Å². The first-order valence-electron chi connectivity index (χ1n) is 7.57. The maximum absolute atomic E-state index is 4.66. The van der Waals surface area contributed by atoms with E-state index in [-0.39, 0.29) is 0 Å². The molecule has 2 unspecified atom stereocenters. The van der Waals surface area contributed by atoms with Crippen LogP contribution < -0.4 is 5.32 Å². The molecular formula is C16H24N2S. The molecule has 2 aliphatic rings. The summed E-state index contributed by atoms with van der Waals surface area (Å²) in [7, 11) is 2.13. The lowest BCUT2D eigenvalue weighted by Gasteiger charge is -2.29. The molecule has 1 aliphatic carbocycles. The van der Waals surface area contributed by atoms with Gasteiger partial charge in [-0.1, -0.05) is 6.07 Å². The van der Waals surface area contributed by atoms with Gasteiger partial charge in [0.25, 0.3) is 0 Å². The van der Waals surface area contributed by atoms with Crippen LogP contribution in [0.3, 0.4) is 0 Å². The van der Waals surface area contributed by atoms with Crippen LogP contribution >= 0.6 is 11.8 Å². The molecule has 0 bridgehead atoms. The molecule has 104 valence electrons. The van der Waals surface area contributed by atoms with Crippen LogP contribution in [0.1, 0.15) is 42.9 Å². The number of pyridine rings is 1. The van der Waals surface area contributed by atoms with Crippen molar-refractivity contribution in [2.24, 2.45) is 5.92 Å². The molecule has 3 rings (SSSR count). The monoisotopic (exact) mass is 276 g/mol. The summed E-state index contributed by atoms with van der Waals surface area (Å²) in [5.41, 5.74) is 2.85. The van der Waals surface area contributed by atoms with Gasteiger partial charge in [-0.2, -0.15) is 11.8 Å². The fourth-order valence-electron chi connectivity index (χ4n) is 3.66. The van der Waals surface area contributed by atoms with Gasteiger partial charge in [-0.25, -0.2) is 0 Å². The molecule has 1 aromatic heterocycles. The Balaban J connectivity index is 1.69. The summed E-state index contributed by atoms with van der Waals surface area (Å²) >= 11 is 2.12. The van der Waals surface area contributed by atoms with Crippen molar-refractivity contribution in [1.29, 1.82) is 0 Å². The van der Waals surface area contributed by atoms with E-state index in [1.807, 2.05) is 6.20 Å². The standard InChI is InChI=1S/C16H24N2S/c1-17-15(11-12-6-9-19-10-7-12)14-5-4-13-3-2-8-18-16(13)14/h2-3,8,12,14-15,17H,4-7,9-11H2,1H3. The van der Waals surface area contributed by atoms with Gasteiger partial charge in [-0.05, 0) is 68.2 Å². The average molecular weight is 276 g/mol. The molecule has 1 N–H and O–H groups in total. The highest BCUT2D eigenvalue weighted by Gasteiger charge is 2.31. The van der Waals surface area contributed by atoms with E-state index in [4.69, 9.17) is 0 Å². The quantitative estimate of drug-likeness (QED) is 0.914. The number of hydrogen-bond donors (Lipinski definition) is 1. The minimum Gasteiger partial charge on any atom is -0.316 e. The fourth-order valence-corrected chi connectivity index (χ4v) is 4.86. The highest BCUT2D eigenvalue weighted by Crippen LogP contribution is 2.37. The maximum atomic E-state index is 4.66. The lowest BCUT2D eigenvalue weighted by Crippen LogP contribution is -2.34. The number of nitrogens with zero attached hydrogens (tertiary/aromatic N) is 1. The molecule has 0 saturated carbocycles. The third kappa shape index (κ3) is 2.97. The maximum Gasteiger partial charge on any atom is 0.0482 e. The number of fused-ring (bicyclic) bond motifs is 1. The Morgan fingerprint density at radius 2 is 2.21 bits per heavy atom. The number of thioether (sulfide) groups is 1. The van der Waals surface area contributed by atoms with Crippen molar-refractivity contribution in [3.63, 3.8) is 0 Å². The SMILES string of the molecule is CNC(CC1CCSCC1)C1CCc2cccnc21. The van der Waals surface area contributed by atoms with Gasteiger partial charge < -0.3 is 5.32 Å². The van der Waals surface area contributed by atoms with E-state index in [0.29, 0.717) is 12.0 Å². The van der Waals surface area contributed by atoms with Crippen LogP contribution in [-0.2, 0) is 6.42 Å². The summed E-state index contributed by atoms with van der Waals surface area (Å²) in [5, 5.41) is 3.59. The highest BCUT2D eigenvalue weighted by molar-refractivity contribution is 7.99. The molecule has 1 saturated heterocycles. The largest absolute Gasteiger partial charge is 0.316 e. The average Bonchev–Trinajstić information content (AvgIpc) is 2.90. The summed E-state index contributed by atoms with van der Waals surface area (Å²) in [6.07, 6.45) is 8.60. The van der Waals surface area contributed by atoms with Crippen molar-refractivity contribution >= 4 is 11.8 Å². The van der Waals surface area contributed by atoms with Crippen LogP contribution in [-0.4, -0.2) is 29.6 Å². The molecule has 3 heteroatoms. The predicted octanol–water partition coefficient (Wildman–Crippen LogP) is 3.23. The van der Waals surface area contributed by atoms with E-state index >= 15 is 0 Å². The Kier molecular flexibility index (Phi) is 4.44. The molecule has 0 amide bonds. The van der Waals surface area contributed by atoms with E-state index in [9.17, 15) is 0 Å². The molecule has 1 fully saturated rings. The first kappa shape index (κ1) is 13.4. The van der Waals surface area contributed by atoms with Gasteiger partial charge in [0.1, 0.15) is 0 Å². The smallest absolute Gasteiger partial charge is 0.0482 e. The third-order valence-electron chi connectivity index (χ3n) is 4.79. The van der Waals surface area contributed by atoms with Gasteiger partial charge in [-0.3, -0.25) is 4.98 Å². The lowest BCUT2D eigenvalue weighted by atomic mass is 9.86. The Labute approximate surface area is 120 Å². The Morgan fingerprint density at radius 1 is 1.37 bits per heavy atom. The van der Waals surface area contributed by atoms with E-state index in [2.05, 4.69) is 41.2 Å². The molecule has 1 aromatic rings. The van der Waals surface area contributed by atoms with Crippen molar-refractivity contribution in [2.75, 3.05) is 18.6 Å². The summed E-state index contributed by atoms with van der Waals surface area (Å²) in [6.45, 7) is 0. The first-order chi connectivity index (χ1) is 9.38. The molecule has 0 aromatic carbocycles. The second-order valence-electron chi connectivity index (χ2n) is 5.88. The Bertz CT molecular complexity index is 415. The third-order valence-corrected chi connectivity index (χ3v) is 5.84. The van der Waals surface area contributed by atoms with Gasteiger partial charge in [0.05, 0.1) is 0 Å². The van der Waals surface area contributed by atoms with Crippen LogP contribution in [0, 0.1) is 5.92 Å². The molecule has 19 heavy (non-hydrogen) atoms. The van der Waals surface area contributed by atoms with Crippen LogP contribution in [0.4, 0.5) is 0 Å². The molecule has 0 radical (unpaired) electrons. The van der Waals surface area contributed by atoms with E-state index in [0.717, 1.165) is 5.92 Å². The molecular weight excluding hydrogens is 252 g/mol. The first-order valence-corrected chi connectivity index (χ1v) is 8.72. The molecule has 0 spiro atoms. The van der Waals surface area contributed by atoms with E-state index in [1.165, 1.54) is 54.9 Å². The lowest BCUT2D eigenvalue weighted by molar-refractivity contribution is 0.336. The van der Waals surface area contributed by atoms with Crippen molar-refractivity contribution in [3.05, 3.63) is 29.6 Å². The van der Waals surface area contributed by atoms with Crippen LogP contribution in [0.2, 0.25) is 0 Å². The topological polar surface area (TPSA) is 24.9 Å². The molecule has 2 atom stereocenters. The minimum atomic E-state index is 0.615. The predicted molar refractivity (Wildman–Crippen MR) is 82.8 cm³/mol. The van der Waals surface area contributed by atoms with Crippen molar-refractivity contribution < 1.29 is 0 Å². The van der Waals surface area contributed by atoms with Crippen LogP contribution in [0.15, 0.2) is 18.3 Å². The van der Waals surface area contributed by atoms with E-state index < -0.39 is 0 Å². The number of nitrogens with one attached hydrogen (secondary N) is 1. The van der Waals surface area contributed by atoms with Crippen molar-refractivity contribution in [1.82, 2.24) is 10.3 Å². The number of aryl methyl sites for hydroxylation is 1. The second-order valence-corrected chi connectivity index (χ2v) is 7.10. The van der Waals surface area contributed by atoms with Gasteiger partial charge >= 0.3 is 0 Å². The summed E-state index contributed by atoms with van der Waals surface area (Å²) in [6, 6.07) is 4.95. The second kappa shape index (κ2) is 6.27. The normalized spacial score (nSPS) is 25.2. The molecule has 2 heterocycles. The van der Waals surface area contributed by atoms with E-state index in [1.54, 1.807) is 0 Å². The van der Waals surface area contributed by atoms with Crippen molar-refractivity contribution in [3.8, 4) is 0 Å². The van der Waals surface area contributed by atoms with Gasteiger partial charge in [0.2, 0.25) is 0 Å². The summed E-state index contributed by atoms with van der Waals surface area (Å²) in [5.74, 6) is 4.28. The molecule has 1 aliphatic heterocycles. The Hall–Kier alpha value is -0.540. The van der Waals surface area contributed by atoms with Crippen LogP contribution in [0.25, 0.3) is 0 Å². The fraction of sp³-hybridized carbons (Fsp3) is 0.688. The number of hydrogen-bond acceptors (Lipinski definition) is 3. The van der Waals surface area contributed by atoms with Crippen LogP contribution in [0.5, 0.6) is 0 Å². The summed E-state index contributed by atoms with van der Waals surface area (Å²) < 4.78 is 0. The minimum absolute atomic E-state index is 0.615. The highest BCUT2D eigenvalue weighted by atomic mass is 32.2. The van der Waals surface area contributed by atoms with Gasteiger partial charge in [0, 0.05) is 23.9 Å². The number of rotatable bonds is 4. The zero-order valence-electron chi connectivity index (χ0n) is 11.8. The summed E-state index contributed by atoms with van der Waals surface area (Å²) in [4.78, 5) is 4.66. The number of likely N-dealkylation sites (N-methyl/N-ethyl adjacent to an activating group) is 1. The van der Waals surface area contributed by atoms with Crippen molar-refractivity contribution in [2.45, 2.75) is 44.1 Å². The Morgan fingerprint density at radius 3 is 3.00 bits per heavy atom. The van der Waals surface area contributed by atoms with Gasteiger partial charge in [-0.15, -0.1) is 0 Å². The zero-order chi connectivity index (χ0) is 13.1. The molecule has 2 nitrogen and oxygen atoms in total.